The Bertz CT molecular complexity index is 313. The third-order valence-electron chi connectivity index (χ3n) is 1.98. The van der Waals surface area contributed by atoms with Crippen LogP contribution in [0.25, 0.3) is 0 Å². The van der Waals surface area contributed by atoms with Crippen molar-refractivity contribution in [2.45, 2.75) is 26.2 Å². The predicted octanol–water partition coefficient (Wildman–Crippen LogP) is 0.395. The summed E-state index contributed by atoms with van der Waals surface area (Å²) in [6, 6.07) is 0. The maximum Gasteiger partial charge on any atom is 0.270 e. The molecule has 0 bridgehead atoms. The number of likely N-dealkylation sites (N-methyl/N-ethyl adjacent to an activating group) is 1. The molecule has 0 atom stereocenters. The minimum Gasteiger partial charge on any atom is -0.293 e. The van der Waals surface area contributed by atoms with Crippen molar-refractivity contribution in [2.24, 2.45) is 0 Å². The van der Waals surface area contributed by atoms with E-state index in [0.29, 0.717) is 6.42 Å². The molecule has 6 heteroatoms. The molecular formula is C11H18N2O4. The molecular weight excluding hydrogens is 224 g/mol. The van der Waals surface area contributed by atoms with E-state index in [-0.39, 0.29) is 5.91 Å². The molecule has 1 N–H and O–H groups in total. The Morgan fingerprint density at radius 1 is 1.29 bits per heavy atom. The van der Waals surface area contributed by atoms with E-state index in [2.05, 4.69) is 10.2 Å². The molecule has 0 aliphatic carbocycles. The molecule has 0 spiro atoms. The standard InChI is InChI=1S/C11H18N2O4/c1-4-5-6-9(14)12-10(15)7-8-11(16)13(2)17-3/h7-8H,4-6H2,1-3H3,(H,12,14,15)/b8-7+. The number of rotatable bonds is 6. The van der Waals surface area contributed by atoms with Gasteiger partial charge in [0, 0.05) is 25.6 Å². The largest absolute Gasteiger partial charge is 0.293 e. The van der Waals surface area contributed by atoms with Gasteiger partial charge in [-0.15, -0.1) is 0 Å². The highest BCUT2D eigenvalue weighted by molar-refractivity contribution is 6.03. The smallest absolute Gasteiger partial charge is 0.270 e. The van der Waals surface area contributed by atoms with Crippen LogP contribution in [-0.4, -0.2) is 36.9 Å². The van der Waals surface area contributed by atoms with Crippen molar-refractivity contribution in [1.29, 1.82) is 0 Å². The van der Waals surface area contributed by atoms with Gasteiger partial charge in [-0.1, -0.05) is 13.3 Å². The molecule has 0 aromatic heterocycles. The van der Waals surface area contributed by atoms with Crippen LogP contribution < -0.4 is 5.32 Å². The normalized spacial score (nSPS) is 10.3. The number of unbranched alkanes of at least 4 members (excludes halogenated alkanes) is 1. The molecule has 0 saturated carbocycles. The molecule has 0 fully saturated rings. The lowest BCUT2D eigenvalue weighted by atomic mass is 10.2. The van der Waals surface area contributed by atoms with Crippen molar-refractivity contribution in [3.05, 3.63) is 12.2 Å². The first-order chi connectivity index (χ1) is 8.01. The molecule has 0 aliphatic rings. The number of hydrogen-bond donors (Lipinski definition) is 1. The minimum atomic E-state index is -0.607. The zero-order valence-electron chi connectivity index (χ0n) is 10.4. The number of nitrogens with zero attached hydrogens (tertiary/aromatic N) is 1. The minimum absolute atomic E-state index is 0.308. The second kappa shape index (κ2) is 8.46. The summed E-state index contributed by atoms with van der Waals surface area (Å²) in [4.78, 5) is 38.2. The van der Waals surface area contributed by atoms with Crippen LogP contribution >= 0.6 is 0 Å². The average molecular weight is 242 g/mol. The highest BCUT2D eigenvalue weighted by Gasteiger charge is 2.06. The van der Waals surface area contributed by atoms with Gasteiger partial charge in [-0.25, -0.2) is 5.06 Å². The van der Waals surface area contributed by atoms with Crippen LogP contribution in [0.5, 0.6) is 0 Å². The summed E-state index contributed by atoms with van der Waals surface area (Å²) >= 11 is 0. The molecule has 6 nitrogen and oxygen atoms in total. The summed E-state index contributed by atoms with van der Waals surface area (Å²) in [5.41, 5.74) is 0. The van der Waals surface area contributed by atoms with Crippen molar-refractivity contribution in [2.75, 3.05) is 14.2 Å². The third-order valence-corrected chi connectivity index (χ3v) is 1.98. The Labute approximate surface area is 101 Å². The highest BCUT2D eigenvalue weighted by Crippen LogP contribution is 1.93. The van der Waals surface area contributed by atoms with Gasteiger partial charge in [-0.3, -0.25) is 24.5 Å². The molecule has 0 aromatic rings. The van der Waals surface area contributed by atoms with Crippen molar-refractivity contribution < 1.29 is 19.2 Å². The number of imide groups is 1. The molecule has 0 aliphatic heterocycles. The van der Waals surface area contributed by atoms with Gasteiger partial charge in [0.15, 0.2) is 0 Å². The first-order valence-electron chi connectivity index (χ1n) is 5.35. The van der Waals surface area contributed by atoms with Crippen LogP contribution in [0.2, 0.25) is 0 Å². The van der Waals surface area contributed by atoms with Crippen LogP contribution in [-0.2, 0) is 19.2 Å². The lowest BCUT2D eigenvalue weighted by Crippen LogP contribution is -2.29. The van der Waals surface area contributed by atoms with Gasteiger partial charge >= 0.3 is 0 Å². The van der Waals surface area contributed by atoms with E-state index >= 15 is 0 Å². The van der Waals surface area contributed by atoms with Gasteiger partial charge in [0.05, 0.1) is 7.11 Å². The Kier molecular flexibility index (Phi) is 7.62. The number of hydrogen-bond acceptors (Lipinski definition) is 4. The molecule has 96 valence electrons. The van der Waals surface area contributed by atoms with Gasteiger partial charge in [-0.2, -0.15) is 0 Å². The Morgan fingerprint density at radius 3 is 2.47 bits per heavy atom. The van der Waals surface area contributed by atoms with Crippen LogP contribution in [0.4, 0.5) is 0 Å². The van der Waals surface area contributed by atoms with Crippen LogP contribution in [0.1, 0.15) is 26.2 Å². The van der Waals surface area contributed by atoms with E-state index in [1.807, 2.05) is 6.92 Å². The fourth-order valence-corrected chi connectivity index (χ4v) is 0.921. The van der Waals surface area contributed by atoms with Gasteiger partial charge < -0.3 is 0 Å². The van der Waals surface area contributed by atoms with Crippen molar-refractivity contribution in [3.8, 4) is 0 Å². The molecule has 0 heterocycles. The summed E-state index contributed by atoms with van der Waals surface area (Å²) in [5, 5.41) is 3.11. The molecule has 0 saturated heterocycles. The summed E-state index contributed by atoms with van der Waals surface area (Å²) in [7, 11) is 2.75. The Morgan fingerprint density at radius 2 is 1.94 bits per heavy atom. The van der Waals surface area contributed by atoms with Crippen LogP contribution in [0.3, 0.4) is 0 Å². The van der Waals surface area contributed by atoms with E-state index in [9.17, 15) is 14.4 Å². The highest BCUT2D eigenvalue weighted by atomic mass is 16.7. The molecule has 0 aromatic carbocycles. The van der Waals surface area contributed by atoms with E-state index < -0.39 is 11.8 Å². The SMILES string of the molecule is CCCCC(=O)NC(=O)/C=C/C(=O)N(C)OC. The number of carbonyl (C=O) groups is 3. The van der Waals surface area contributed by atoms with Gasteiger partial charge in [-0.05, 0) is 6.42 Å². The summed E-state index contributed by atoms with van der Waals surface area (Å²) < 4.78 is 0. The molecule has 0 radical (unpaired) electrons. The summed E-state index contributed by atoms with van der Waals surface area (Å²) in [6.07, 6.45) is 3.96. The Balaban J connectivity index is 4.05. The number of hydroxylamine groups is 2. The number of carbonyl (C=O) groups excluding carboxylic acids is 3. The maximum atomic E-state index is 11.2. The van der Waals surface area contributed by atoms with E-state index in [0.717, 1.165) is 30.1 Å². The van der Waals surface area contributed by atoms with Crippen LogP contribution in [0.15, 0.2) is 12.2 Å². The summed E-state index contributed by atoms with van der Waals surface area (Å²) in [5.74, 6) is -1.43. The van der Waals surface area contributed by atoms with E-state index in [4.69, 9.17) is 0 Å². The topological polar surface area (TPSA) is 75.7 Å². The molecule has 17 heavy (non-hydrogen) atoms. The monoisotopic (exact) mass is 242 g/mol. The number of nitrogens with one attached hydrogen (secondary N) is 1. The van der Waals surface area contributed by atoms with Gasteiger partial charge in [0.2, 0.25) is 5.91 Å². The van der Waals surface area contributed by atoms with Crippen molar-refractivity contribution in [3.63, 3.8) is 0 Å². The van der Waals surface area contributed by atoms with Crippen molar-refractivity contribution >= 4 is 17.7 Å². The van der Waals surface area contributed by atoms with Crippen LogP contribution in [0, 0.1) is 0 Å². The average Bonchev–Trinajstić information content (AvgIpc) is 2.32. The Hall–Kier alpha value is -1.69. The van der Waals surface area contributed by atoms with E-state index in [1.165, 1.54) is 14.2 Å². The predicted molar refractivity (Wildman–Crippen MR) is 61.6 cm³/mol. The fraction of sp³-hybridized carbons (Fsp3) is 0.545. The second-order valence-corrected chi connectivity index (χ2v) is 3.37. The molecule has 0 rings (SSSR count). The quantitative estimate of drug-likeness (QED) is 0.540. The molecule has 3 amide bonds. The van der Waals surface area contributed by atoms with Gasteiger partial charge in [0.1, 0.15) is 0 Å². The maximum absolute atomic E-state index is 11.2. The van der Waals surface area contributed by atoms with Crippen molar-refractivity contribution in [1.82, 2.24) is 10.4 Å². The fourth-order valence-electron chi connectivity index (χ4n) is 0.921. The lowest BCUT2D eigenvalue weighted by molar-refractivity contribution is -0.162. The number of amides is 3. The molecule has 0 unspecified atom stereocenters. The second-order valence-electron chi connectivity index (χ2n) is 3.37. The summed E-state index contributed by atoms with van der Waals surface area (Å²) in [6.45, 7) is 1.95. The first-order valence-corrected chi connectivity index (χ1v) is 5.35. The van der Waals surface area contributed by atoms with Gasteiger partial charge in [0.25, 0.3) is 11.8 Å². The van der Waals surface area contributed by atoms with E-state index in [1.54, 1.807) is 0 Å². The zero-order valence-corrected chi connectivity index (χ0v) is 10.4. The zero-order chi connectivity index (χ0) is 13.3. The lowest BCUT2D eigenvalue weighted by Gasteiger charge is -2.09. The third kappa shape index (κ3) is 7.24. The first kappa shape index (κ1) is 15.3.